The van der Waals surface area contributed by atoms with Gasteiger partial charge in [-0.3, -0.25) is 9.69 Å². The van der Waals surface area contributed by atoms with Crippen molar-refractivity contribution in [3.63, 3.8) is 0 Å². The highest BCUT2D eigenvalue weighted by molar-refractivity contribution is 8.27. The van der Waals surface area contributed by atoms with Gasteiger partial charge in [-0.15, -0.1) is 0 Å². The van der Waals surface area contributed by atoms with E-state index in [4.69, 9.17) is 21.7 Å². The average molecular weight is 462 g/mol. The molecule has 5 nitrogen and oxygen atoms in total. The summed E-state index contributed by atoms with van der Waals surface area (Å²) in [5, 5.41) is 0. The number of anilines is 1. The molecule has 0 N–H and O–H groups in total. The summed E-state index contributed by atoms with van der Waals surface area (Å²) in [5.41, 5.74) is 2.89. The fourth-order valence-corrected chi connectivity index (χ4v) is 4.49. The molecule has 0 saturated carbocycles. The number of methoxy groups -OCH3 is 1. The highest BCUT2D eigenvalue weighted by atomic mass is 32.2. The normalized spacial score (nSPS) is 14.7. The minimum Gasteiger partial charge on any atom is -0.497 e. The first kappa shape index (κ1) is 21.8. The zero-order chi connectivity index (χ0) is 22.7. The molecule has 1 amide bonds. The van der Waals surface area contributed by atoms with Gasteiger partial charge in [-0.05, 0) is 66.6 Å². The van der Waals surface area contributed by atoms with E-state index in [1.54, 1.807) is 60.6 Å². The van der Waals surface area contributed by atoms with E-state index >= 15 is 0 Å². The number of thioether (sulfide) groups is 1. The molecule has 1 aliphatic rings. The van der Waals surface area contributed by atoms with Crippen molar-refractivity contribution >= 4 is 51.9 Å². The van der Waals surface area contributed by atoms with Crippen molar-refractivity contribution in [2.75, 3.05) is 12.0 Å². The van der Waals surface area contributed by atoms with Crippen LogP contribution in [0.2, 0.25) is 0 Å². The van der Waals surface area contributed by atoms with Crippen molar-refractivity contribution in [3.05, 3.63) is 94.4 Å². The Morgan fingerprint density at radius 1 is 1.00 bits per heavy atom. The molecule has 0 bridgehead atoms. The highest BCUT2D eigenvalue weighted by Crippen LogP contribution is 2.37. The van der Waals surface area contributed by atoms with Crippen molar-refractivity contribution in [3.8, 4) is 11.5 Å². The number of aryl methyl sites for hydroxylation is 1. The Kier molecular flexibility index (Phi) is 6.39. The number of benzene rings is 3. The van der Waals surface area contributed by atoms with Crippen LogP contribution < -0.4 is 14.4 Å². The van der Waals surface area contributed by atoms with Gasteiger partial charge < -0.3 is 9.47 Å². The predicted molar refractivity (Wildman–Crippen MR) is 131 cm³/mol. The van der Waals surface area contributed by atoms with E-state index in [0.29, 0.717) is 26.3 Å². The topological polar surface area (TPSA) is 55.8 Å². The third kappa shape index (κ3) is 4.59. The molecule has 1 saturated heterocycles. The molecule has 3 aromatic rings. The molecule has 0 atom stereocenters. The largest absolute Gasteiger partial charge is 0.497 e. The minimum atomic E-state index is -0.476. The molecule has 1 fully saturated rings. The van der Waals surface area contributed by atoms with Gasteiger partial charge in [0.2, 0.25) is 0 Å². The number of carbonyl (C=O) groups excluding carboxylic acids is 2. The lowest BCUT2D eigenvalue weighted by Gasteiger charge is -2.16. The summed E-state index contributed by atoms with van der Waals surface area (Å²) >= 11 is 6.71. The molecular formula is C25H19NO4S2. The molecule has 32 heavy (non-hydrogen) atoms. The zero-order valence-corrected chi connectivity index (χ0v) is 19.0. The van der Waals surface area contributed by atoms with Gasteiger partial charge in [0.1, 0.15) is 11.5 Å². The van der Waals surface area contributed by atoms with Gasteiger partial charge in [-0.1, -0.05) is 54.3 Å². The monoisotopic (exact) mass is 461 g/mol. The highest BCUT2D eigenvalue weighted by Gasteiger charge is 2.33. The van der Waals surface area contributed by atoms with Gasteiger partial charge in [0.25, 0.3) is 5.91 Å². The molecular weight excluding hydrogens is 442 g/mol. The smallest absolute Gasteiger partial charge is 0.343 e. The van der Waals surface area contributed by atoms with E-state index in [1.807, 2.05) is 37.3 Å². The number of hydrogen-bond donors (Lipinski definition) is 0. The number of amides is 1. The molecule has 0 radical (unpaired) electrons. The van der Waals surface area contributed by atoms with Crippen LogP contribution in [0.1, 0.15) is 21.5 Å². The lowest BCUT2D eigenvalue weighted by atomic mass is 10.1. The average Bonchev–Trinajstić information content (AvgIpc) is 3.07. The van der Waals surface area contributed by atoms with Gasteiger partial charge in [0.15, 0.2) is 4.32 Å². The van der Waals surface area contributed by atoms with Crippen LogP contribution >= 0.6 is 24.0 Å². The Balaban J connectivity index is 1.53. The molecule has 0 aromatic heterocycles. The second kappa shape index (κ2) is 9.38. The summed E-state index contributed by atoms with van der Waals surface area (Å²) in [6.45, 7) is 1.94. The first-order valence-corrected chi connectivity index (χ1v) is 11.0. The summed E-state index contributed by atoms with van der Waals surface area (Å²) in [6, 6.07) is 21.3. The summed E-state index contributed by atoms with van der Waals surface area (Å²) in [6.07, 6.45) is 1.75. The maximum Gasteiger partial charge on any atom is 0.343 e. The van der Waals surface area contributed by atoms with Gasteiger partial charge in [0.05, 0.1) is 23.3 Å². The van der Waals surface area contributed by atoms with E-state index in [2.05, 4.69) is 0 Å². The van der Waals surface area contributed by atoms with Crippen LogP contribution in [-0.2, 0) is 4.79 Å². The number of thiocarbonyl (C=S) groups is 1. The van der Waals surface area contributed by atoms with Crippen LogP contribution in [0.25, 0.3) is 6.08 Å². The molecule has 1 aliphatic heterocycles. The standard InChI is InChI=1S/C25H19NO4S2/c1-16-6-3-4-9-21(16)26-23(27)22(32-25(26)31)15-17-7-5-8-20(14-17)30-24(28)18-10-12-19(29-2)13-11-18/h3-15H,1-2H3/b22-15-. The second-order valence-electron chi connectivity index (χ2n) is 6.99. The number of para-hydroxylation sites is 1. The van der Waals surface area contributed by atoms with Crippen LogP contribution in [0.5, 0.6) is 11.5 Å². The van der Waals surface area contributed by atoms with Crippen LogP contribution in [0, 0.1) is 6.92 Å². The van der Waals surface area contributed by atoms with E-state index in [0.717, 1.165) is 16.8 Å². The lowest BCUT2D eigenvalue weighted by Crippen LogP contribution is -2.28. The summed E-state index contributed by atoms with van der Waals surface area (Å²) in [7, 11) is 1.56. The lowest BCUT2D eigenvalue weighted by molar-refractivity contribution is -0.113. The van der Waals surface area contributed by atoms with Crippen LogP contribution in [-0.4, -0.2) is 23.3 Å². The third-order valence-corrected chi connectivity index (χ3v) is 6.14. The van der Waals surface area contributed by atoms with Crippen molar-refractivity contribution < 1.29 is 19.1 Å². The van der Waals surface area contributed by atoms with E-state index < -0.39 is 5.97 Å². The molecule has 7 heteroatoms. The Morgan fingerprint density at radius 3 is 2.47 bits per heavy atom. The van der Waals surface area contributed by atoms with Gasteiger partial charge in [0, 0.05) is 0 Å². The molecule has 4 rings (SSSR count). The number of hydrogen-bond acceptors (Lipinski definition) is 6. The maximum absolute atomic E-state index is 13.0. The van der Waals surface area contributed by atoms with Crippen molar-refractivity contribution in [1.29, 1.82) is 0 Å². The summed E-state index contributed by atoms with van der Waals surface area (Å²) in [4.78, 5) is 27.5. The number of esters is 1. The molecule has 0 spiro atoms. The Morgan fingerprint density at radius 2 is 1.75 bits per heavy atom. The van der Waals surface area contributed by atoms with Gasteiger partial charge >= 0.3 is 5.97 Å². The van der Waals surface area contributed by atoms with Crippen LogP contribution in [0.4, 0.5) is 5.69 Å². The van der Waals surface area contributed by atoms with E-state index in [-0.39, 0.29) is 5.91 Å². The first-order valence-electron chi connectivity index (χ1n) is 9.76. The van der Waals surface area contributed by atoms with E-state index in [9.17, 15) is 9.59 Å². The Bertz CT molecular complexity index is 1230. The zero-order valence-electron chi connectivity index (χ0n) is 17.4. The quantitative estimate of drug-likeness (QED) is 0.212. The second-order valence-corrected chi connectivity index (χ2v) is 8.67. The summed E-state index contributed by atoms with van der Waals surface area (Å²) < 4.78 is 11.1. The number of ether oxygens (including phenoxy) is 2. The van der Waals surface area contributed by atoms with Crippen molar-refractivity contribution in [2.24, 2.45) is 0 Å². The van der Waals surface area contributed by atoms with Gasteiger partial charge in [-0.25, -0.2) is 4.79 Å². The third-order valence-electron chi connectivity index (χ3n) is 4.84. The molecule has 1 heterocycles. The van der Waals surface area contributed by atoms with Crippen LogP contribution in [0.15, 0.2) is 77.7 Å². The Labute approximate surface area is 195 Å². The molecule has 160 valence electrons. The number of nitrogens with zero attached hydrogens (tertiary/aromatic N) is 1. The van der Waals surface area contributed by atoms with Gasteiger partial charge in [-0.2, -0.15) is 0 Å². The molecule has 0 unspecified atom stereocenters. The summed E-state index contributed by atoms with van der Waals surface area (Å²) in [5.74, 6) is 0.395. The minimum absolute atomic E-state index is 0.171. The number of carbonyl (C=O) groups is 2. The maximum atomic E-state index is 13.0. The van der Waals surface area contributed by atoms with Crippen molar-refractivity contribution in [2.45, 2.75) is 6.92 Å². The van der Waals surface area contributed by atoms with Crippen molar-refractivity contribution in [1.82, 2.24) is 0 Å². The molecule has 3 aromatic carbocycles. The SMILES string of the molecule is COc1ccc(C(=O)Oc2cccc(/C=C3\SC(=S)N(c4ccccc4C)C3=O)c2)cc1. The first-order chi connectivity index (χ1) is 15.5. The fraction of sp³-hybridized carbons (Fsp3) is 0.0800. The molecule has 0 aliphatic carbocycles. The van der Waals surface area contributed by atoms with E-state index in [1.165, 1.54) is 11.8 Å². The van der Waals surface area contributed by atoms with Crippen LogP contribution in [0.3, 0.4) is 0 Å². The predicted octanol–water partition coefficient (Wildman–Crippen LogP) is 5.63. The number of rotatable bonds is 5. The fourth-order valence-electron chi connectivity index (χ4n) is 3.20. The Hall–Kier alpha value is -3.42.